The molecule has 21 heavy (non-hydrogen) atoms. The molecule has 1 saturated heterocycles. The molecule has 2 atom stereocenters. The Kier molecular flexibility index (Phi) is 4.44. The molecule has 1 aromatic carbocycles. The molecule has 1 saturated carbocycles. The minimum Gasteiger partial charge on any atom is -0.377 e. The maximum absolute atomic E-state index is 12.5. The van der Waals surface area contributed by atoms with Gasteiger partial charge in [-0.15, -0.1) is 0 Å². The van der Waals surface area contributed by atoms with Crippen LogP contribution in [0.25, 0.3) is 0 Å². The number of benzene rings is 1. The fourth-order valence-corrected chi connectivity index (χ4v) is 2.97. The predicted molar refractivity (Wildman–Crippen MR) is 82.2 cm³/mol. The Morgan fingerprint density at radius 2 is 2.14 bits per heavy atom. The van der Waals surface area contributed by atoms with E-state index in [4.69, 9.17) is 4.74 Å². The Bertz CT molecular complexity index is 473. The minimum atomic E-state index is 0.0682. The number of carbonyl (C=O) groups excluding carboxylic acids is 1. The number of hydrogen-bond acceptors (Lipinski definition) is 2. The fourth-order valence-electron chi connectivity index (χ4n) is 2.97. The van der Waals surface area contributed by atoms with Crippen molar-refractivity contribution in [1.82, 2.24) is 10.2 Å². The lowest BCUT2D eigenvalue weighted by Crippen LogP contribution is -2.54. The van der Waals surface area contributed by atoms with Gasteiger partial charge in [-0.2, -0.15) is 0 Å². The van der Waals surface area contributed by atoms with E-state index in [0.717, 1.165) is 6.42 Å². The Hall–Kier alpha value is -1.55. The summed E-state index contributed by atoms with van der Waals surface area (Å²) in [5, 5.41) is 3.26. The predicted octanol–water partition coefficient (Wildman–Crippen LogP) is 2.44. The Morgan fingerprint density at radius 1 is 1.38 bits per heavy atom. The molecule has 0 bridgehead atoms. The third-order valence-corrected chi connectivity index (χ3v) is 4.43. The van der Waals surface area contributed by atoms with E-state index in [9.17, 15) is 4.79 Å². The van der Waals surface area contributed by atoms with Crippen LogP contribution in [0.2, 0.25) is 0 Å². The normalized spacial score (nSPS) is 23.7. The van der Waals surface area contributed by atoms with Crippen LogP contribution in [0.4, 0.5) is 4.79 Å². The van der Waals surface area contributed by atoms with Crippen molar-refractivity contribution in [2.24, 2.45) is 5.92 Å². The lowest BCUT2D eigenvalue weighted by atomic mass is 10.0. The van der Waals surface area contributed by atoms with E-state index in [-0.39, 0.29) is 18.1 Å². The van der Waals surface area contributed by atoms with Crippen LogP contribution in [0.5, 0.6) is 0 Å². The number of nitrogens with zero attached hydrogens (tertiary/aromatic N) is 1. The molecule has 0 radical (unpaired) electrons. The number of urea groups is 1. The SMILES string of the molecule is C[C@H]1COCCN1C(=O)N[C@@H](Cc1ccccc1)C1CC1. The summed E-state index contributed by atoms with van der Waals surface area (Å²) in [6.45, 7) is 4.02. The second kappa shape index (κ2) is 6.48. The molecule has 4 nitrogen and oxygen atoms in total. The molecular weight excluding hydrogens is 264 g/mol. The van der Waals surface area contributed by atoms with Gasteiger partial charge in [0.1, 0.15) is 0 Å². The van der Waals surface area contributed by atoms with Gasteiger partial charge in [-0.25, -0.2) is 4.79 Å². The van der Waals surface area contributed by atoms with Crippen LogP contribution in [0.3, 0.4) is 0 Å². The molecule has 1 heterocycles. The van der Waals surface area contributed by atoms with Crippen LogP contribution < -0.4 is 5.32 Å². The van der Waals surface area contributed by atoms with E-state index in [1.165, 1.54) is 18.4 Å². The standard InChI is InChI=1S/C17H24N2O2/c1-13-12-21-10-9-19(13)17(20)18-16(15-7-8-15)11-14-5-3-2-4-6-14/h2-6,13,15-16H,7-12H2,1H3,(H,18,20)/t13-,16-/m0/s1. The molecule has 0 spiro atoms. The highest BCUT2D eigenvalue weighted by Crippen LogP contribution is 2.34. The summed E-state index contributed by atoms with van der Waals surface area (Å²) >= 11 is 0. The van der Waals surface area contributed by atoms with Gasteiger partial charge in [0.05, 0.1) is 19.3 Å². The summed E-state index contributed by atoms with van der Waals surface area (Å²) in [6, 6.07) is 10.9. The maximum atomic E-state index is 12.5. The molecule has 0 aromatic heterocycles. The number of rotatable bonds is 4. The summed E-state index contributed by atoms with van der Waals surface area (Å²) in [6.07, 6.45) is 3.39. The molecule has 2 amide bonds. The molecule has 1 aliphatic heterocycles. The Balaban J connectivity index is 1.61. The van der Waals surface area contributed by atoms with Crippen molar-refractivity contribution in [3.63, 3.8) is 0 Å². The highest BCUT2D eigenvalue weighted by molar-refractivity contribution is 5.75. The van der Waals surface area contributed by atoms with Gasteiger partial charge >= 0.3 is 6.03 Å². The van der Waals surface area contributed by atoms with Gasteiger partial charge in [-0.1, -0.05) is 30.3 Å². The molecule has 1 aliphatic carbocycles. The molecular formula is C17H24N2O2. The zero-order valence-corrected chi connectivity index (χ0v) is 12.6. The molecule has 114 valence electrons. The number of ether oxygens (including phenoxy) is 1. The van der Waals surface area contributed by atoms with Crippen molar-refractivity contribution in [2.45, 2.75) is 38.3 Å². The third-order valence-electron chi connectivity index (χ3n) is 4.43. The van der Waals surface area contributed by atoms with E-state index in [2.05, 4.69) is 29.6 Å². The molecule has 1 aromatic rings. The average molecular weight is 288 g/mol. The van der Waals surface area contributed by atoms with E-state index >= 15 is 0 Å². The summed E-state index contributed by atoms with van der Waals surface area (Å²) in [5.74, 6) is 0.644. The van der Waals surface area contributed by atoms with Gasteiger partial charge in [0.15, 0.2) is 0 Å². The van der Waals surface area contributed by atoms with E-state index in [1.807, 2.05) is 17.9 Å². The monoisotopic (exact) mass is 288 g/mol. The summed E-state index contributed by atoms with van der Waals surface area (Å²) in [4.78, 5) is 14.4. The average Bonchev–Trinajstić information content (AvgIpc) is 3.32. The topological polar surface area (TPSA) is 41.6 Å². The second-order valence-electron chi connectivity index (χ2n) is 6.20. The maximum Gasteiger partial charge on any atom is 0.318 e. The first-order valence-electron chi connectivity index (χ1n) is 7.93. The molecule has 3 rings (SSSR count). The number of carbonyl (C=O) groups is 1. The Labute approximate surface area is 126 Å². The molecule has 2 fully saturated rings. The third kappa shape index (κ3) is 3.76. The van der Waals surface area contributed by atoms with Gasteiger partial charge in [-0.05, 0) is 37.7 Å². The van der Waals surface area contributed by atoms with Gasteiger partial charge in [0.25, 0.3) is 0 Å². The number of nitrogens with one attached hydrogen (secondary N) is 1. The van der Waals surface area contributed by atoms with Gasteiger partial charge in [0, 0.05) is 12.6 Å². The Morgan fingerprint density at radius 3 is 2.81 bits per heavy atom. The van der Waals surface area contributed by atoms with E-state index in [1.54, 1.807) is 0 Å². The molecule has 0 unspecified atom stereocenters. The first kappa shape index (κ1) is 14.4. The van der Waals surface area contributed by atoms with E-state index in [0.29, 0.717) is 25.7 Å². The number of hydrogen-bond donors (Lipinski definition) is 1. The van der Waals surface area contributed by atoms with Crippen LogP contribution in [0.1, 0.15) is 25.3 Å². The molecule has 2 aliphatic rings. The zero-order valence-electron chi connectivity index (χ0n) is 12.6. The van der Waals surface area contributed by atoms with Crippen LogP contribution in [-0.4, -0.2) is 42.8 Å². The highest BCUT2D eigenvalue weighted by atomic mass is 16.5. The van der Waals surface area contributed by atoms with Gasteiger partial charge in [0.2, 0.25) is 0 Å². The van der Waals surface area contributed by atoms with Crippen molar-refractivity contribution in [3.8, 4) is 0 Å². The quantitative estimate of drug-likeness (QED) is 0.924. The number of morpholine rings is 1. The van der Waals surface area contributed by atoms with Crippen LogP contribution in [0.15, 0.2) is 30.3 Å². The van der Waals surface area contributed by atoms with Crippen molar-refractivity contribution >= 4 is 6.03 Å². The first-order chi connectivity index (χ1) is 10.2. The van der Waals surface area contributed by atoms with Crippen LogP contribution in [0, 0.1) is 5.92 Å². The van der Waals surface area contributed by atoms with Crippen molar-refractivity contribution in [1.29, 1.82) is 0 Å². The lowest BCUT2D eigenvalue weighted by molar-refractivity contribution is 0.0182. The summed E-state index contributed by atoms with van der Waals surface area (Å²) < 4.78 is 5.40. The van der Waals surface area contributed by atoms with E-state index < -0.39 is 0 Å². The first-order valence-corrected chi connectivity index (χ1v) is 7.93. The lowest BCUT2D eigenvalue weighted by Gasteiger charge is -2.34. The minimum absolute atomic E-state index is 0.0682. The van der Waals surface area contributed by atoms with Crippen LogP contribution in [-0.2, 0) is 11.2 Å². The highest BCUT2D eigenvalue weighted by Gasteiger charge is 2.34. The van der Waals surface area contributed by atoms with Crippen LogP contribution >= 0.6 is 0 Å². The summed E-state index contributed by atoms with van der Waals surface area (Å²) in [5.41, 5.74) is 1.30. The van der Waals surface area contributed by atoms with Gasteiger partial charge < -0.3 is 15.0 Å². The second-order valence-corrected chi connectivity index (χ2v) is 6.20. The van der Waals surface area contributed by atoms with Crippen molar-refractivity contribution in [3.05, 3.63) is 35.9 Å². The zero-order chi connectivity index (χ0) is 14.7. The largest absolute Gasteiger partial charge is 0.377 e. The number of amides is 2. The molecule has 1 N–H and O–H groups in total. The fraction of sp³-hybridized carbons (Fsp3) is 0.588. The summed E-state index contributed by atoms with van der Waals surface area (Å²) in [7, 11) is 0. The van der Waals surface area contributed by atoms with Crippen molar-refractivity contribution in [2.75, 3.05) is 19.8 Å². The van der Waals surface area contributed by atoms with Crippen molar-refractivity contribution < 1.29 is 9.53 Å². The van der Waals surface area contributed by atoms with Gasteiger partial charge in [-0.3, -0.25) is 0 Å². The molecule has 4 heteroatoms. The smallest absolute Gasteiger partial charge is 0.318 e.